The number of para-hydroxylation sites is 1. The maximum Gasteiger partial charge on any atom is 0.258 e. The summed E-state index contributed by atoms with van der Waals surface area (Å²) in [5.74, 6) is -1.47. The standard InChI is InChI=1S/C20H17F2N3O/c1-2-9-25-10-15-17(20(25)26)18(23)12-6-3-5-11(19(12)24-15)16-13(21)7-4-8-14(16)22/h3-8H,2,9-10H2,1H3,(H2,23,24). The highest BCUT2D eigenvalue weighted by Crippen LogP contribution is 2.37. The first-order chi connectivity index (χ1) is 12.5. The SMILES string of the molecule is CCCN1Cc2nc3c(-c4c(F)cccc4F)cccc3c(N)c2C1=O. The minimum atomic E-state index is -0.665. The maximum absolute atomic E-state index is 14.3. The summed E-state index contributed by atoms with van der Waals surface area (Å²) in [7, 11) is 0. The van der Waals surface area contributed by atoms with Crippen LogP contribution < -0.4 is 5.73 Å². The van der Waals surface area contributed by atoms with Crippen molar-refractivity contribution in [1.29, 1.82) is 0 Å². The summed E-state index contributed by atoms with van der Waals surface area (Å²) in [6.07, 6.45) is 0.824. The second-order valence-corrected chi connectivity index (χ2v) is 6.37. The second kappa shape index (κ2) is 6.05. The Hall–Kier alpha value is -3.02. The first kappa shape index (κ1) is 16.4. The molecule has 4 rings (SSSR count). The van der Waals surface area contributed by atoms with Crippen molar-refractivity contribution in [2.45, 2.75) is 19.9 Å². The van der Waals surface area contributed by atoms with Gasteiger partial charge in [0.05, 0.1) is 34.6 Å². The maximum atomic E-state index is 14.3. The molecule has 26 heavy (non-hydrogen) atoms. The van der Waals surface area contributed by atoms with Crippen LogP contribution in [0.3, 0.4) is 0 Å². The molecule has 4 nitrogen and oxygen atoms in total. The lowest BCUT2D eigenvalue weighted by Crippen LogP contribution is -2.24. The number of rotatable bonds is 3. The molecule has 6 heteroatoms. The number of amides is 1. The number of carbonyl (C=O) groups excluding carboxylic acids is 1. The molecule has 1 amide bonds. The lowest BCUT2D eigenvalue weighted by molar-refractivity contribution is 0.0779. The van der Waals surface area contributed by atoms with Crippen LogP contribution in [0.2, 0.25) is 0 Å². The molecule has 2 N–H and O–H groups in total. The molecule has 0 aliphatic carbocycles. The molecule has 0 spiro atoms. The van der Waals surface area contributed by atoms with Gasteiger partial charge in [0.1, 0.15) is 11.6 Å². The molecule has 1 aliphatic heterocycles. The van der Waals surface area contributed by atoms with Crippen molar-refractivity contribution in [3.05, 3.63) is 59.3 Å². The Balaban J connectivity index is 1.99. The number of hydrogen-bond donors (Lipinski definition) is 1. The summed E-state index contributed by atoms with van der Waals surface area (Å²) >= 11 is 0. The molecule has 0 saturated carbocycles. The van der Waals surface area contributed by atoms with Crippen molar-refractivity contribution >= 4 is 22.5 Å². The van der Waals surface area contributed by atoms with Crippen LogP contribution in [-0.4, -0.2) is 22.3 Å². The van der Waals surface area contributed by atoms with Gasteiger partial charge in [-0.15, -0.1) is 0 Å². The Labute approximate surface area is 149 Å². The fourth-order valence-corrected chi connectivity index (χ4v) is 3.53. The Morgan fingerprint density at radius 2 is 1.81 bits per heavy atom. The normalized spacial score (nSPS) is 13.5. The number of anilines is 1. The van der Waals surface area contributed by atoms with Crippen LogP contribution in [0, 0.1) is 11.6 Å². The molecular formula is C20H17F2N3O. The van der Waals surface area contributed by atoms with Crippen LogP contribution in [0.25, 0.3) is 22.0 Å². The highest BCUT2D eigenvalue weighted by Gasteiger charge is 2.32. The molecule has 1 aromatic heterocycles. The molecule has 0 radical (unpaired) electrons. The van der Waals surface area contributed by atoms with Crippen molar-refractivity contribution in [3.8, 4) is 11.1 Å². The van der Waals surface area contributed by atoms with Crippen LogP contribution >= 0.6 is 0 Å². The Bertz CT molecular complexity index is 1030. The molecule has 2 aromatic carbocycles. The number of fused-ring (bicyclic) bond motifs is 2. The number of nitrogens with two attached hydrogens (primary N) is 1. The number of pyridine rings is 1. The minimum Gasteiger partial charge on any atom is -0.397 e. The van der Waals surface area contributed by atoms with Crippen LogP contribution in [0.4, 0.5) is 14.5 Å². The third kappa shape index (κ3) is 2.33. The van der Waals surface area contributed by atoms with E-state index in [9.17, 15) is 13.6 Å². The first-order valence-corrected chi connectivity index (χ1v) is 8.47. The minimum absolute atomic E-state index is 0.139. The lowest BCUT2D eigenvalue weighted by atomic mass is 9.98. The molecule has 0 fully saturated rings. The summed E-state index contributed by atoms with van der Waals surface area (Å²) in [4.78, 5) is 18.9. The van der Waals surface area contributed by atoms with Crippen molar-refractivity contribution in [2.75, 3.05) is 12.3 Å². The number of nitrogens with zero attached hydrogens (tertiary/aromatic N) is 2. The zero-order valence-electron chi connectivity index (χ0n) is 14.2. The zero-order chi connectivity index (χ0) is 18.4. The topological polar surface area (TPSA) is 59.2 Å². The van der Waals surface area contributed by atoms with Gasteiger partial charge in [-0.3, -0.25) is 4.79 Å². The van der Waals surface area contributed by atoms with Gasteiger partial charge in [0.15, 0.2) is 0 Å². The van der Waals surface area contributed by atoms with E-state index in [0.717, 1.165) is 6.42 Å². The molecule has 1 aliphatic rings. The molecule has 0 atom stereocenters. The highest BCUT2D eigenvalue weighted by atomic mass is 19.1. The van der Waals surface area contributed by atoms with E-state index in [1.54, 1.807) is 23.1 Å². The Morgan fingerprint density at radius 3 is 2.50 bits per heavy atom. The molecule has 0 unspecified atom stereocenters. The van der Waals surface area contributed by atoms with Crippen LogP contribution in [0.5, 0.6) is 0 Å². The summed E-state index contributed by atoms with van der Waals surface area (Å²) < 4.78 is 28.6. The van der Waals surface area contributed by atoms with Gasteiger partial charge >= 0.3 is 0 Å². The van der Waals surface area contributed by atoms with Gasteiger partial charge < -0.3 is 10.6 Å². The van der Waals surface area contributed by atoms with E-state index in [0.29, 0.717) is 46.5 Å². The van der Waals surface area contributed by atoms with Crippen LogP contribution in [-0.2, 0) is 6.54 Å². The third-order valence-electron chi connectivity index (χ3n) is 4.70. The summed E-state index contributed by atoms with van der Waals surface area (Å²) in [5, 5.41) is 0.524. The summed E-state index contributed by atoms with van der Waals surface area (Å²) in [6, 6.07) is 8.73. The second-order valence-electron chi connectivity index (χ2n) is 6.37. The fourth-order valence-electron chi connectivity index (χ4n) is 3.53. The van der Waals surface area contributed by atoms with Crippen molar-refractivity contribution in [1.82, 2.24) is 9.88 Å². The van der Waals surface area contributed by atoms with Gasteiger partial charge in [0.2, 0.25) is 0 Å². The number of aromatic nitrogens is 1. The van der Waals surface area contributed by atoms with E-state index < -0.39 is 11.6 Å². The number of halogens is 2. The molecule has 132 valence electrons. The number of nitrogen functional groups attached to an aromatic ring is 1. The van der Waals surface area contributed by atoms with Crippen molar-refractivity contribution in [3.63, 3.8) is 0 Å². The third-order valence-corrected chi connectivity index (χ3v) is 4.70. The monoisotopic (exact) mass is 353 g/mol. The number of hydrogen-bond acceptors (Lipinski definition) is 3. The molecule has 3 aromatic rings. The van der Waals surface area contributed by atoms with Gasteiger partial charge in [0.25, 0.3) is 5.91 Å². The van der Waals surface area contributed by atoms with Gasteiger partial charge in [-0.25, -0.2) is 13.8 Å². The van der Waals surface area contributed by atoms with Crippen molar-refractivity contribution in [2.24, 2.45) is 0 Å². The van der Waals surface area contributed by atoms with Crippen molar-refractivity contribution < 1.29 is 13.6 Å². The lowest BCUT2D eigenvalue weighted by Gasteiger charge is -2.13. The average molecular weight is 353 g/mol. The van der Waals surface area contributed by atoms with Gasteiger partial charge in [-0.2, -0.15) is 0 Å². The summed E-state index contributed by atoms with van der Waals surface area (Å²) in [6.45, 7) is 2.96. The van der Waals surface area contributed by atoms with Gasteiger partial charge in [-0.1, -0.05) is 31.2 Å². The predicted molar refractivity (Wildman–Crippen MR) is 96.5 cm³/mol. The Kier molecular flexibility index (Phi) is 3.83. The predicted octanol–water partition coefficient (Wildman–Crippen LogP) is 4.13. The smallest absolute Gasteiger partial charge is 0.258 e. The van der Waals surface area contributed by atoms with E-state index >= 15 is 0 Å². The number of carbonyl (C=O) groups is 1. The van der Waals surface area contributed by atoms with Gasteiger partial charge in [-0.05, 0) is 18.6 Å². The van der Waals surface area contributed by atoms with E-state index in [-0.39, 0.29) is 11.5 Å². The van der Waals surface area contributed by atoms with E-state index in [2.05, 4.69) is 4.98 Å². The quantitative estimate of drug-likeness (QED) is 0.770. The highest BCUT2D eigenvalue weighted by molar-refractivity contribution is 6.11. The fraction of sp³-hybridized carbons (Fsp3) is 0.200. The molecule has 2 heterocycles. The van der Waals surface area contributed by atoms with E-state index in [1.807, 2.05) is 6.92 Å². The van der Waals surface area contributed by atoms with Gasteiger partial charge in [0, 0.05) is 17.5 Å². The van der Waals surface area contributed by atoms with E-state index in [4.69, 9.17) is 5.73 Å². The Morgan fingerprint density at radius 1 is 1.12 bits per heavy atom. The molecule has 0 saturated heterocycles. The summed E-state index contributed by atoms with van der Waals surface area (Å²) in [5.41, 5.74) is 8.12. The largest absolute Gasteiger partial charge is 0.397 e. The van der Waals surface area contributed by atoms with Crippen LogP contribution in [0.15, 0.2) is 36.4 Å². The van der Waals surface area contributed by atoms with Crippen LogP contribution in [0.1, 0.15) is 29.4 Å². The molecular weight excluding hydrogens is 336 g/mol. The molecule has 0 bridgehead atoms. The number of benzene rings is 2. The first-order valence-electron chi connectivity index (χ1n) is 8.47. The zero-order valence-corrected chi connectivity index (χ0v) is 14.2. The average Bonchev–Trinajstić information content (AvgIpc) is 2.92. The van der Waals surface area contributed by atoms with E-state index in [1.165, 1.54) is 18.2 Å².